The second-order valence-electron chi connectivity index (χ2n) is 4.52. The summed E-state index contributed by atoms with van der Waals surface area (Å²) in [5.41, 5.74) is 0.356. The number of benzene rings is 1. The first-order valence-electron chi connectivity index (χ1n) is 6.27. The summed E-state index contributed by atoms with van der Waals surface area (Å²) < 4.78 is 0.795. The smallest absolute Gasteiger partial charge is 0.257 e. The van der Waals surface area contributed by atoms with Crippen LogP contribution >= 0.6 is 15.9 Å². The van der Waals surface area contributed by atoms with E-state index >= 15 is 0 Å². The van der Waals surface area contributed by atoms with E-state index in [-0.39, 0.29) is 11.7 Å². The second-order valence-corrected chi connectivity index (χ2v) is 5.43. The minimum atomic E-state index is -0.114. The Morgan fingerprint density at radius 3 is 2.67 bits per heavy atom. The zero-order valence-electron chi connectivity index (χ0n) is 11.1. The Bertz CT molecular complexity index is 420. The molecule has 0 aliphatic heterocycles. The minimum Gasteiger partial charge on any atom is -0.507 e. The molecule has 0 heterocycles. The molecule has 0 radical (unpaired) electrons. The van der Waals surface area contributed by atoms with Gasteiger partial charge in [-0.05, 0) is 31.0 Å². The molecule has 0 aliphatic rings. The summed E-state index contributed by atoms with van der Waals surface area (Å²) >= 11 is 3.32. The lowest BCUT2D eigenvalue weighted by atomic mass is 10.1. The van der Waals surface area contributed by atoms with E-state index in [1.807, 2.05) is 6.92 Å². The number of halogens is 1. The Morgan fingerprint density at radius 2 is 2.11 bits per heavy atom. The average molecular weight is 314 g/mol. The molecule has 18 heavy (non-hydrogen) atoms. The lowest BCUT2D eigenvalue weighted by Crippen LogP contribution is -2.34. The zero-order valence-corrected chi connectivity index (χ0v) is 12.7. The third-order valence-electron chi connectivity index (χ3n) is 3.09. The summed E-state index contributed by atoms with van der Waals surface area (Å²) in [6.07, 6.45) is 1.04. The minimum absolute atomic E-state index is 0.0331. The number of aromatic hydroxyl groups is 1. The molecule has 3 nitrogen and oxygen atoms in total. The quantitative estimate of drug-likeness (QED) is 0.901. The van der Waals surface area contributed by atoms with Gasteiger partial charge in [0.25, 0.3) is 5.91 Å². The van der Waals surface area contributed by atoms with E-state index < -0.39 is 0 Å². The molecule has 0 aliphatic carbocycles. The number of nitrogens with zero attached hydrogens (tertiary/aromatic N) is 1. The van der Waals surface area contributed by atoms with Crippen LogP contribution in [0.15, 0.2) is 22.7 Å². The number of hydrogen-bond acceptors (Lipinski definition) is 2. The lowest BCUT2D eigenvalue weighted by molar-refractivity contribution is 0.0737. The highest BCUT2D eigenvalue weighted by atomic mass is 79.9. The van der Waals surface area contributed by atoms with E-state index in [0.29, 0.717) is 18.0 Å². The van der Waals surface area contributed by atoms with E-state index in [1.54, 1.807) is 17.0 Å². The highest BCUT2D eigenvalue weighted by molar-refractivity contribution is 9.10. The van der Waals surface area contributed by atoms with Gasteiger partial charge in [0.15, 0.2) is 0 Å². The van der Waals surface area contributed by atoms with Gasteiger partial charge in [0, 0.05) is 17.6 Å². The highest BCUT2D eigenvalue weighted by Gasteiger charge is 2.19. The molecule has 4 heteroatoms. The molecular formula is C14H20BrNO2. The number of phenols is 1. The summed E-state index contributed by atoms with van der Waals surface area (Å²) in [6, 6.07) is 4.92. The van der Waals surface area contributed by atoms with E-state index in [9.17, 15) is 9.90 Å². The van der Waals surface area contributed by atoms with Crippen LogP contribution in [0, 0.1) is 5.92 Å². The lowest BCUT2D eigenvalue weighted by Gasteiger charge is -2.24. The van der Waals surface area contributed by atoms with Crippen molar-refractivity contribution < 1.29 is 9.90 Å². The first-order valence-corrected chi connectivity index (χ1v) is 7.06. The van der Waals surface area contributed by atoms with Crippen molar-refractivity contribution >= 4 is 21.8 Å². The van der Waals surface area contributed by atoms with Crippen molar-refractivity contribution in [3.63, 3.8) is 0 Å². The summed E-state index contributed by atoms with van der Waals surface area (Å²) in [5, 5.41) is 9.77. The van der Waals surface area contributed by atoms with Crippen LogP contribution in [0.2, 0.25) is 0 Å². The number of amides is 1. The molecule has 1 N–H and O–H groups in total. The highest BCUT2D eigenvalue weighted by Crippen LogP contribution is 2.23. The van der Waals surface area contributed by atoms with Crippen LogP contribution < -0.4 is 0 Å². The fourth-order valence-electron chi connectivity index (χ4n) is 1.71. The van der Waals surface area contributed by atoms with Gasteiger partial charge in [-0.1, -0.05) is 36.2 Å². The summed E-state index contributed by atoms with van der Waals surface area (Å²) in [7, 11) is 0. The van der Waals surface area contributed by atoms with Crippen molar-refractivity contribution in [2.75, 3.05) is 13.1 Å². The largest absolute Gasteiger partial charge is 0.507 e. The molecule has 0 spiro atoms. The van der Waals surface area contributed by atoms with Crippen molar-refractivity contribution in [3.8, 4) is 5.75 Å². The first-order chi connectivity index (χ1) is 8.49. The van der Waals surface area contributed by atoms with Gasteiger partial charge in [0.1, 0.15) is 5.75 Å². The van der Waals surface area contributed by atoms with Gasteiger partial charge in [-0.2, -0.15) is 0 Å². The molecule has 1 atom stereocenters. The summed E-state index contributed by atoms with van der Waals surface area (Å²) in [5.74, 6) is 0.380. The van der Waals surface area contributed by atoms with Crippen molar-refractivity contribution in [1.82, 2.24) is 4.90 Å². The maximum Gasteiger partial charge on any atom is 0.257 e. The molecule has 0 bridgehead atoms. The zero-order chi connectivity index (χ0) is 13.7. The molecule has 1 rings (SSSR count). The second kappa shape index (κ2) is 6.78. The van der Waals surface area contributed by atoms with Crippen molar-refractivity contribution in [2.24, 2.45) is 5.92 Å². The molecule has 1 amide bonds. The maximum absolute atomic E-state index is 12.3. The van der Waals surface area contributed by atoms with Gasteiger partial charge >= 0.3 is 0 Å². The standard InChI is InChI=1S/C14H20BrNO2/c1-4-10(3)9-16(5-2)14(18)12-8-11(15)6-7-13(12)17/h6-8,10,17H,4-5,9H2,1-3H3. The van der Waals surface area contributed by atoms with Crippen LogP contribution in [0.1, 0.15) is 37.6 Å². The van der Waals surface area contributed by atoms with Gasteiger partial charge in [0.2, 0.25) is 0 Å². The van der Waals surface area contributed by atoms with Gasteiger partial charge in [-0.25, -0.2) is 0 Å². The first kappa shape index (κ1) is 15.0. The Morgan fingerprint density at radius 1 is 1.44 bits per heavy atom. The Balaban J connectivity index is 2.92. The molecular weight excluding hydrogens is 294 g/mol. The maximum atomic E-state index is 12.3. The van der Waals surface area contributed by atoms with Crippen LogP contribution in [0.4, 0.5) is 0 Å². The summed E-state index contributed by atoms with van der Waals surface area (Å²) in [6.45, 7) is 7.55. The topological polar surface area (TPSA) is 40.5 Å². The fourth-order valence-corrected chi connectivity index (χ4v) is 2.07. The third-order valence-corrected chi connectivity index (χ3v) is 3.58. The molecule has 1 aromatic rings. The van der Waals surface area contributed by atoms with Crippen molar-refractivity contribution in [2.45, 2.75) is 27.2 Å². The van der Waals surface area contributed by atoms with E-state index in [0.717, 1.165) is 17.4 Å². The van der Waals surface area contributed by atoms with Crippen molar-refractivity contribution in [3.05, 3.63) is 28.2 Å². The van der Waals surface area contributed by atoms with E-state index in [2.05, 4.69) is 29.8 Å². The average Bonchev–Trinajstić information content (AvgIpc) is 2.37. The Hall–Kier alpha value is -1.03. The molecule has 0 aromatic heterocycles. The Kier molecular flexibility index (Phi) is 5.66. The molecule has 1 unspecified atom stereocenters. The predicted molar refractivity (Wildman–Crippen MR) is 76.8 cm³/mol. The van der Waals surface area contributed by atoms with Crippen LogP contribution in [0.5, 0.6) is 5.75 Å². The molecule has 0 fully saturated rings. The van der Waals surface area contributed by atoms with Crippen molar-refractivity contribution in [1.29, 1.82) is 0 Å². The van der Waals surface area contributed by atoms with Gasteiger partial charge in [-0.3, -0.25) is 4.79 Å². The van der Waals surface area contributed by atoms with Gasteiger partial charge in [-0.15, -0.1) is 0 Å². The number of rotatable bonds is 5. The van der Waals surface area contributed by atoms with Crippen LogP contribution in [0.3, 0.4) is 0 Å². The Labute approximate surface area is 117 Å². The molecule has 100 valence electrons. The fraction of sp³-hybridized carbons (Fsp3) is 0.500. The number of phenolic OH excluding ortho intramolecular Hbond substituents is 1. The number of hydrogen-bond donors (Lipinski definition) is 1. The monoisotopic (exact) mass is 313 g/mol. The van der Waals surface area contributed by atoms with Crippen LogP contribution in [-0.4, -0.2) is 29.0 Å². The third kappa shape index (κ3) is 3.73. The van der Waals surface area contributed by atoms with Gasteiger partial charge < -0.3 is 10.0 Å². The summed E-state index contributed by atoms with van der Waals surface area (Å²) in [4.78, 5) is 14.1. The number of carbonyl (C=O) groups is 1. The van der Waals surface area contributed by atoms with E-state index in [4.69, 9.17) is 0 Å². The molecule has 0 saturated heterocycles. The normalized spacial score (nSPS) is 12.2. The van der Waals surface area contributed by atoms with Gasteiger partial charge in [0.05, 0.1) is 5.56 Å². The number of carbonyl (C=O) groups excluding carboxylic acids is 1. The molecule has 1 aromatic carbocycles. The molecule has 0 saturated carbocycles. The van der Waals surface area contributed by atoms with Crippen LogP contribution in [0.25, 0.3) is 0 Å². The van der Waals surface area contributed by atoms with E-state index in [1.165, 1.54) is 6.07 Å². The SMILES string of the molecule is CCC(C)CN(CC)C(=O)c1cc(Br)ccc1O. The predicted octanol–water partition coefficient (Wildman–Crippen LogP) is 3.66. The van der Waals surface area contributed by atoms with Crippen LogP contribution in [-0.2, 0) is 0 Å².